The number of amides is 3. The lowest BCUT2D eigenvalue weighted by atomic mass is 9.82. The molecular weight excluding hydrogens is 518 g/mol. The number of carbonyl (C=O) groups excluding carboxylic acids is 3. The lowest BCUT2D eigenvalue weighted by molar-refractivity contribution is -0.150. The van der Waals surface area contributed by atoms with Gasteiger partial charge >= 0.3 is 0 Å². The summed E-state index contributed by atoms with van der Waals surface area (Å²) in [6, 6.07) is 6.09. The molecule has 4 aliphatic rings. The number of nitrogens with zero attached hydrogens (tertiary/aromatic N) is 2. The fourth-order valence-corrected chi connectivity index (χ4v) is 7.19. The summed E-state index contributed by atoms with van der Waals surface area (Å²) in [6.45, 7) is 7.56. The highest BCUT2D eigenvalue weighted by Gasteiger charge is 2.45. The van der Waals surface area contributed by atoms with Crippen molar-refractivity contribution in [3.63, 3.8) is 0 Å². The summed E-state index contributed by atoms with van der Waals surface area (Å²) in [7, 11) is 1.75. The van der Waals surface area contributed by atoms with Gasteiger partial charge in [0, 0.05) is 36.8 Å². The van der Waals surface area contributed by atoms with Crippen molar-refractivity contribution >= 4 is 17.7 Å². The Balaban J connectivity index is 1.43. The van der Waals surface area contributed by atoms with E-state index in [4.69, 9.17) is 4.74 Å². The molecule has 224 valence electrons. The standard InChI is InChI=1S/C32H47N5O4/c1-20-16-21(2)36-19-27(31(39)34-26-14-15-41-28-13-9-8-12-25(26)28)37(18-24(36)17-20)32(40)29(23-10-6-5-7-11-23)35-30(38)22(3)33-4/h8-9,12-13,16,20,22-24,26-27,29,33H,5-7,10-11,14-15,17-19H2,1-4H3,(H,34,39)(H,35,38)/t20?,22-,24+,26+,27-,29?/m0/s1. The molecule has 0 spiro atoms. The number of fused-ring (bicyclic) bond motifs is 2. The van der Waals surface area contributed by atoms with Gasteiger partial charge in [0.2, 0.25) is 17.7 Å². The van der Waals surface area contributed by atoms with E-state index in [1.807, 2.05) is 24.3 Å². The highest BCUT2D eigenvalue weighted by molar-refractivity contribution is 5.93. The number of likely N-dealkylation sites (N-methyl/N-ethyl adjacent to an activating group) is 1. The van der Waals surface area contributed by atoms with E-state index >= 15 is 0 Å². The second-order valence-electron chi connectivity index (χ2n) is 12.5. The minimum atomic E-state index is -0.657. The quantitative estimate of drug-likeness (QED) is 0.470. The zero-order valence-electron chi connectivity index (χ0n) is 25.0. The number of hydrogen-bond donors (Lipinski definition) is 3. The van der Waals surface area contributed by atoms with Crippen molar-refractivity contribution in [2.24, 2.45) is 11.8 Å². The van der Waals surface area contributed by atoms with Gasteiger partial charge in [-0.05, 0) is 58.1 Å². The third-order valence-electron chi connectivity index (χ3n) is 9.59. The fourth-order valence-electron chi connectivity index (χ4n) is 7.19. The van der Waals surface area contributed by atoms with E-state index in [1.165, 1.54) is 0 Å². The molecule has 41 heavy (non-hydrogen) atoms. The molecule has 9 nitrogen and oxygen atoms in total. The molecule has 0 aromatic heterocycles. The van der Waals surface area contributed by atoms with Crippen molar-refractivity contribution in [2.75, 3.05) is 26.7 Å². The van der Waals surface area contributed by atoms with E-state index in [0.717, 1.165) is 55.5 Å². The number of hydrogen-bond acceptors (Lipinski definition) is 6. The fraction of sp³-hybridized carbons (Fsp3) is 0.656. The first kappa shape index (κ1) is 29.4. The number of para-hydroxylation sites is 1. The highest BCUT2D eigenvalue weighted by Crippen LogP contribution is 2.35. The van der Waals surface area contributed by atoms with Gasteiger partial charge in [-0.15, -0.1) is 0 Å². The van der Waals surface area contributed by atoms with Crippen LogP contribution < -0.4 is 20.7 Å². The van der Waals surface area contributed by atoms with Gasteiger partial charge in [0.05, 0.1) is 18.7 Å². The molecule has 1 aromatic rings. The Hall–Kier alpha value is -3.07. The van der Waals surface area contributed by atoms with Crippen LogP contribution in [0.25, 0.3) is 0 Å². The van der Waals surface area contributed by atoms with Gasteiger partial charge in [0.25, 0.3) is 0 Å². The number of piperazine rings is 1. The van der Waals surface area contributed by atoms with Crippen LogP contribution in [-0.4, -0.2) is 78.4 Å². The minimum absolute atomic E-state index is 0.0697. The number of nitrogens with one attached hydrogen (secondary N) is 3. The van der Waals surface area contributed by atoms with Crippen LogP contribution in [0, 0.1) is 11.8 Å². The zero-order chi connectivity index (χ0) is 29.1. The molecule has 2 unspecified atom stereocenters. The summed E-state index contributed by atoms with van der Waals surface area (Å²) < 4.78 is 5.82. The number of carbonyl (C=O) groups is 3. The number of allylic oxidation sites excluding steroid dienone is 2. The summed E-state index contributed by atoms with van der Waals surface area (Å²) >= 11 is 0. The predicted octanol–water partition coefficient (Wildman–Crippen LogP) is 3.12. The van der Waals surface area contributed by atoms with Gasteiger partial charge in [-0.1, -0.05) is 50.5 Å². The minimum Gasteiger partial charge on any atom is -0.493 e. The first-order valence-electron chi connectivity index (χ1n) is 15.5. The largest absolute Gasteiger partial charge is 0.493 e. The lowest BCUT2D eigenvalue weighted by Gasteiger charge is -2.51. The Morgan fingerprint density at radius 2 is 1.80 bits per heavy atom. The van der Waals surface area contributed by atoms with E-state index in [9.17, 15) is 14.4 Å². The molecule has 1 aromatic carbocycles. The molecule has 3 N–H and O–H groups in total. The maximum Gasteiger partial charge on any atom is 0.246 e. The maximum absolute atomic E-state index is 14.5. The molecule has 2 fully saturated rings. The van der Waals surface area contributed by atoms with Crippen LogP contribution in [-0.2, 0) is 14.4 Å². The van der Waals surface area contributed by atoms with Crippen LogP contribution in [0.15, 0.2) is 36.0 Å². The van der Waals surface area contributed by atoms with Gasteiger partial charge in [-0.3, -0.25) is 14.4 Å². The van der Waals surface area contributed by atoms with Gasteiger partial charge < -0.3 is 30.5 Å². The Morgan fingerprint density at radius 1 is 1.05 bits per heavy atom. The van der Waals surface area contributed by atoms with Crippen molar-refractivity contribution in [3.8, 4) is 5.75 Å². The first-order valence-corrected chi connectivity index (χ1v) is 15.5. The van der Waals surface area contributed by atoms with Crippen LogP contribution in [0.1, 0.15) is 77.3 Å². The first-order chi connectivity index (χ1) is 19.8. The van der Waals surface area contributed by atoms with Gasteiger partial charge in [-0.25, -0.2) is 0 Å². The Morgan fingerprint density at radius 3 is 2.56 bits per heavy atom. The van der Waals surface area contributed by atoms with Crippen molar-refractivity contribution < 1.29 is 19.1 Å². The molecule has 0 radical (unpaired) electrons. The second kappa shape index (κ2) is 12.8. The van der Waals surface area contributed by atoms with E-state index in [1.54, 1.807) is 18.9 Å². The molecule has 0 bridgehead atoms. The van der Waals surface area contributed by atoms with E-state index in [-0.39, 0.29) is 35.7 Å². The number of ether oxygens (including phenoxy) is 1. The monoisotopic (exact) mass is 565 g/mol. The SMILES string of the molecule is CN[C@@H](C)C(=O)NC(C(=O)N1C[C@H]2CC(C)C=C(C)N2C[C@H]1C(=O)N[C@@H]1CCOc2ccccc21)C1CCCCC1. The molecule has 1 saturated carbocycles. The van der Waals surface area contributed by atoms with E-state index in [2.05, 4.69) is 40.8 Å². The summed E-state index contributed by atoms with van der Waals surface area (Å²) in [6.07, 6.45) is 8.94. The summed E-state index contributed by atoms with van der Waals surface area (Å²) in [5.74, 6) is 0.814. The van der Waals surface area contributed by atoms with Crippen molar-refractivity contribution in [1.29, 1.82) is 0 Å². The Kier molecular flexibility index (Phi) is 9.22. The number of benzene rings is 1. The van der Waals surface area contributed by atoms with E-state index < -0.39 is 18.1 Å². The van der Waals surface area contributed by atoms with Crippen molar-refractivity contribution in [2.45, 2.75) is 95.9 Å². The topological polar surface area (TPSA) is 103 Å². The van der Waals surface area contributed by atoms with Crippen LogP contribution in [0.5, 0.6) is 5.75 Å². The molecule has 5 rings (SSSR count). The molecular formula is C32H47N5O4. The molecule has 9 heteroatoms. The summed E-state index contributed by atoms with van der Waals surface area (Å²) in [4.78, 5) is 45.9. The average molecular weight is 566 g/mol. The smallest absolute Gasteiger partial charge is 0.246 e. The second-order valence-corrected chi connectivity index (χ2v) is 12.5. The predicted molar refractivity (Wildman–Crippen MR) is 158 cm³/mol. The van der Waals surface area contributed by atoms with Crippen LogP contribution in [0.2, 0.25) is 0 Å². The third kappa shape index (κ3) is 6.40. The Labute approximate surface area is 244 Å². The molecule has 3 heterocycles. The normalized spacial score (nSPS) is 27.9. The summed E-state index contributed by atoms with van der Waals surface area (Å²) in [5.41, 5.74) is 2.13. The van der Waals surface area contributed by atoms with Gasteiger partial charge in [-0.2, -0.15) is 0 Å². The van der Waals surface area contributed by atoms with E-state index in [0.29, 0.717) is 32.0 Å². The van der Waals surface area contributed by atoms with Gasteiger partial charge in [0.1, 0.15) is 17.8 Å². The Bertz CT molecular complexity index is 1150. The van der Waals surface area contributed by atoms with Gasteiger partial charge in [0.15, 0.2) is 0 Å². The highest BCUT2D eigenvalue weighted by atomic mass is 16.5. The molecule has 1 saturated heterocycles. The molecule has 3 amide bonds. The van der Waals surface area contributed by atoms with Crippen LogP contribution in [0.3, 0.4) is 0 Å². The lowest BCUT2D eigenvalue weighted by Crippen LogP contribution is -2.67. The molecule has 1 aliphatic carbocycles. The molecule has 3 aliphatic heterocycles. The zero-order valence-corrected chi connectivity index (χ0v) is 25.0. The maximum atomic E-state index is 14.5. The van der Waals surface area contributed by atoms with Crippen LogP contribution in [0.4, 0.5) is 0 Å². The van der Waals surface area contributed by atoms with Crippen LogP contribution >= 0.6 is 0 Å². The third-order valence-corrected chi connectivity index (χ3v) is 9.59. The van der Waals surface area contributed by atoms with Crippen molar-refractivity contribution in [3.05, 3.63) is 41.6 Å². The average Bonchev–Trinajstić information content (AvgIpc) is 2.99. The summed E-state index contributed by atoms with van der Waals surface area (Å²) in [5, 5.41) is 9.39. The van der Waals surface area contributed by atoms with Crippen molar-refractivity contribution in [1.82, 2.24) is 25.8 Å². The number of rotatable bonds is 7. The molecule has 6 atom stereocenters.